The summed E-state index contributed by atoms with van der Waals surface area (Å²) in [5, 5.41) is 15.8. The number of benzene rings is 1. The third-order valence-corrected chi connectivity index (χ3v) is 4.10. The van der Waals surface area contributed by atoms with Crippen molar-refractivity contribution >= 4 is 6.03 Å². The number of carbonyl (C=O) groups excluding carboxylic acids is 1. The second kappa shape index (κ2) is 9.13. The van der Waals surface area contributed by atoms with E-state index in [2.05, 4.69) is 29.7 Å². The second-order valence-corrected chi connectivity index (χ2v) is 6.04. The van der Waals surface area contributed by atoms with Crippen molar-refractivity contribution in [3.8, 4) is 0 Å². The van der Waals surface area contributed by atoms with E-state index in [0.717, 1.165) is 6.42 Å². The van der Waals surface area contributed by atoms with Crippen LogP contribution in [0.3, 0.4) is 0 Å². The van der Waals surface area contributed by atoms with Gasteiger partial charge in [0.1, 0.15) is 11.9 Å². The van der Waals surface area contributed by atoms with Crippen LogP contribution >= 0.6 is 0 Å². The van der Waals surface area contributed by atoms with Crippen LogP contribution in [0, 0.1) is 0 Å². The fourth-order valence-electron chi connectivity index (χ4n) is 2.70. The molecule has 3 N–H and O–H groups in total. The predicted octanol–water partition coefficient (Wildman–Crippen LogP) is 3.58. The monoisotopic (exact) mass is 330 g/mol. The van der Waals surface area contributed by atoms with Gasteiger partial charge >= 0.3 is 6.03 Å². The van der Waals surface area contributed by atoms with Crippen LogP contribution < -0.4 is 10.6 Å². The van der Waals surface area contributed by atoms with Gasteiger partial charge in [-0.15, -0.1) is 0 Å². The highest BCUT2D eigenvalue weighted by Gasteiger charge is 2.17. The molecule has 0 saturated heterocycles. The quantitative estimate of drug-likeness (QED) is 0.692. The van der Waals surface area contributed by atoms with Gasteiger partial charge in [0.05, 0.1) is 6.26 Å². The molecular formula is C19H26N2O3. The van der Waals surface area contributed by atoms with Gasteiger partial charge in [0, 0.05) is 24.9 Å². The van der Waals surface area contributed by atoms with Crippen molar-refractivity contribution in [3.63, 3.8) is 0 Å². The van der Waals surface area contributed by atoms with Crippen molar-refractivity contribution in [1.82, 2.24) is 10.6 Å². The number of aliphatic hydroxyl groups is 1. The number of aliphatic hydroxyl groups excluding tert-OH is 1. The van der Waals surface area contributed by atoms with E-state index in [1.807, 2.05) is 25.1 Å². The molecule has 0 radical (unpaired) electrons. The molecule has 3 atom stereocenters. The molecule has 1 aromatic carbocycles. The van der Waals surface area contributed by atoms with Gasteiger partial charge in [0.15, 0.2) is 0 Å². The summed E-state index contributed by atoms with van der Waals surface area (Å²) >= 11 is 0. The summed E-state index contributed by atoms with van der Waals surface area (Å²) in [6, 6.07) is 13.2. The molecule has 5 nitrogen and oxygen atoms in total. The third kappa shape index (κ3) is 5.42. The maximum atomic E-state index is 12.0. The number of carbonyl (C=O) groups is 1. The Kier molecular flexibility index (Phi) is 6.88. The predicted molar refractivity (Wildman–Crippen MR) is 93.8 cm³/mol. The minimum absolute atomic E-state index is 0.165. The Bertz CT molecular complexity index is 598. The van der Waals surface area contributed by atoms with Gasteiger partial charge in [-0.05, 0) is 31.0 Å². The number of nitrogens with one attached hydrogen (secondary N) is 2. The molecule has 1 aromatic heterocycles. The average molecular weight is 330 g/mol. The third-order valence-electron chi connectivity index (χ3n) is 4.10. The first-order chi connectivity index (χ1) is 11.6. The fraction of sp³-hybridized carbons (Fsp3) is 0.421. The molecule has 0 aliphatic carbocycles. The van der Waals surface area contributed by atoms with E-state index in [9.17, 15) is 9.90 Å². The molecule has 24 heavy (non-hydrogen) atoms. The standard InChI is InChI=1S/C19H26N2O3/c1-3-15(16-8-5-4-6-9-16)13-20-19(23)21-14(2)12-17(22)18-10-7-11-24-18/h4-11,14-15,17,22H,3,12-13H2,1-2H3,(H2,20,21,23). The van der Waals surface area contributed by atoms with Crippen LogP contribution in [-0.4, -0.2) is 23.7 Å². The number of amides is 2. The smallest absolute Gasteiger partial charge is 0.315 e. The molecule has 3 unspecified atom stereocenters. The van der Waals surface area contributed by atoms with Crippen LogP contribution in [0.4, 0.5) is 4.79 Å². The molecule has 130 valence electrons. The topological polar surface area (TPSA) is 74.5 Å². The molecule has 0 saturated carbocycles. The lowest BCUT2D eigenvalue weighted by molar-refractivity contribution is 0.129. The van der Waals surface area contributed by atoms with E-state index in [1.54, 1.807) is 12.1 Å². The fourth-order valence-corrected chi connectivity index (χ4v) is 2.70. The van der Waals surface area contributed by atoms with E-state index in [4.69, 9.17) is 4.42 Å². The summed E-state index contributed by atoms with van der Waals surface area (Å²) in [4.78, 5) is 12.0. The number of hydrogen-bond donors (Lipinski definition) is 3. The number of furan rings is 1. The van der Waals surface area contributed by atoms with Gasteiger partial charge < -0.3 is 20.2 Å². The molecular weight excluding hydrogens is 304 g/mol. The van der Waals surface area contributed by atoms with E-state index >= 15 is 0 Å². The van der Waals surface area contributed by atoms with Gasteiger partial charge in [0.2, 0.25) is 0 Å². The van der Waals surface area contributed by atoms with Crippen molar-refractivity contribution in [2.45, 2.75) is 44.8 Å². The summed E-state index contributed by atoms with van der Waals surface area (Å²) in [5.41, 5.74) is 1.22. The zero-order valence-corrected chi connectivity index (χ0v) is 14.2. The van der Waals surface area contributed by atoms with E-state index in [0.29, 0.717) is 24.6 Å². The van der Waals surface area contributed by atoms with Crippen molar-refractivity contribution in [2.24, 2.45) is 0 Å². The van der Waals surface area contributed by atoms with Crippen molar-refractivity contribution < 1.29 is 14.3 Å². The summed E-state index contributed by atoms with van der Waals surface area (Å²) in [5.74, 6) is 0.806. The highest BCUT2D eigenvalue weighted by atomic mass is 16.4. The van der Waals surface area contributed by atoms with E-state index in [-0.39, 0.29) is 12.1 Å². The summed E-state index contributed by atoms with van der Waals surface area (Å²) in [7, 11) is 0. The Morgan fingerprint density at radius 3 is 2.58 bits per heavy atom. The largest absolute Gasteiger partial charge is 0.467 e. The minimum atomic E-state index is -0.719. The average Bonchev–Trinajstić information content (AvgIpc) is 3.11. The molecule has 0 aliphatic rings. The molecule has 0 bridgehead atoms. The Morgan fingerprint density at radius 1 is 1.21 bits per heavy atom. The lowest BCUT2D eigenvalue weighted by Crippen LogP contribution is -2.42. The van der Waals surface area contributed by atoms with Crippen LogP contribution in [0.1, 0.15) is 50.0 Å². The van der Waals surface area contributed by atoms with E-state index < -0.39 is 6.10 Å². The lowest BCUT2D eigenvalue weighted by Gasteiger charge is -2.19. The molecule has 0 aliphatic heterocycles. The Hall–Kier alpha value is -2.27. The second-order valence-electron chi connectivity index (χ2n) is 6.04. The van der Waals surface area contributed by atoms with Crippen LogP contribution in [-0.2, 0) is 0 Å². The van der Waals surface area contributed by atoms with Crippen molar-refractivity contribution in [3.05, 3.63) is 60.1 Å². The lowest BCUT2D eigenvalue weighted by atomic mass is 9.97. The van der Waals surface area contributed by atoms with Crippen LogP contribution in [0.15, 0.2) is 53.1 Å². The zero-order valence-electron chi connectivity index (χ0n) is 14.2. The molecule has 5 heteroatoms. The van der Waals surface area contributed by atoms with Gasteiger partial charge in [-0.2, -0.15) is 0 Å². The van der Waals surface area contributed by atoms with Crippen LogP contribution in [0.25, 0.3) is 0 Å². The molecule has 2 amide bonds. The summed E-state index contributed by atoms with van der Waals surface area (Å²) in [6.45, 7) is 4.56. The van der Waals surface area contributed by atoms with Gasteiger partial charge in [-0.25, -0.2) is 4.79 Å². The zero-order chi connectivity index (χ0) is 17.4. The van der Waals surface area contributed by atoms with Crippen molar-refractivity contribution in [1.29, 1.82) is 0 Å². The highest BCUT2D eigenvalue weighted by molar-refractivity contribution is 5.74. The number of hydrogen-bond acceptors (Lipinski definition) is 3. The Labute approximate surface area is 143 Å². The minimum Gasteiger partial charge on any atom is -0.467 e. The number of rotatable bonds is 8. The Balaban J connectivity index is 1.76. The SMILES string of the molecule is CCC(CNC(=O)NC(C)CC(O)c1ccco1)c1ccccc1. The molecule has 2 aromatic rings. The normalized spacial score (nSPS) is 14.6. The van der Waals surface area contributed by atoms with Crippen molar-refractivity contribution in [2.75, 3.05) is 6.54 Å². The maximum Gasteiger partial charge on any atom is 0.315 e. The molecule has 0 spiro atoms. The van der Waals surface area contributed by atoms with Crippen LogP contribution in [0.5, 0.6) is 0 Å². The van der Waals surface area contributed by atoms with Crippen LogP contribution in [0.2, 0.25) is 0 Å². The highest BCUT2D eigenvalue weighted by Crippen LogP contribution is 2.19. The first-order valence-corrected chi connectivity index (χ1v) is 8.41. The van der Waals surface area contributed by atoms with E-state index in [1.165, 1.54) is 11.8 Å². The molecule has 1 heterocycles. The van der Waals surface area contributed by atoms with Gasteiger partial charge in [-0.3, -0.25) is 0 Å². The van der Waals surface area contributed by atoms with Gasteiger partial charge in [0.25, 0.3) is 0 Å². The maximum absolute atomic E-state index is 12.0. The first-order valence-electron chi connectivity index (χ1n) is 8.41. The summed E-state index contributed by atoms with van der Waals surface area (Å²) < 4.78 is 5.17. The number of urea groups is 1. The Morgan fingerprint density at radius 2 is 1.96 bits per heavy atom. The molecule has 0 fully saturated rings. The molecule has 2 rings (SSSR count). The summed E-state index contributed by atoms with van der Waals surface area (Å²) in [6.07, 6.45) is 2.16. The van der Waals surface area contributed by atoms with Gasteiger partial charge in [-0.1, -0.05) is 37.3 Å². The first kappa shape index (κ1) is 18.1.